The minimum Gasteiger partial charge on any atom is -0.491 e. The molecule has 6 unspecified atom stereocenters. The van der Waals surface area contributed by atoms with Gasteiger partial charge in [-0.05, 0) is 85.0 Å². The number of anilines is 3. The number of halogens is 3. The summed E-state index contributed by atoms with van der Waals surface area (Å²) >= 11 is 14.9. The van der Waals surface area contributed by atoms with Gasteiger partial charge in [0.25, 0.3) is 11.8 Å². The Balaban J connectivity index is 1.19. The minimum atomic E-state index is -2.04. The van der Waals surface area contributed by atoms with Crippen LogP contribution >= 0.6 is 23.2 Å². The van der Waals surface area contributed by atoms with Gasteiger partial charge in [0.2, 0.25) is 11.8 Å². The quantitative estimate of drug-likeness (QED) is 0.209. The number of rotatable bonds is 7. The van der Waals surface area contributed by atoms with E-state index in [4.69, 9.17) is 32.7 Å². The second-order valence-electron chi connectivity index (χ2n) is 13.5. The molecule has 0 bridgehead atoms. The van der Waals surface area contributed by atoms with E-state index in [0.29, 0.717) is 35.8 Å². The lowest BCUT2D eigenvalue weighted by Gasteiger charge is -2.50. The van der Waals surface area contributed by atoms with Gasteiger partial charge in [-0.25, -0.2) is 9.29 Å². The average Bonchev–Trinajstić information content (AvgIpc) is 3.49. The number of fused-ring (bicyclic) bond motifs is 4. The molecule has 0 spiro atoms. The van der Waals surface area contributed by atoms with E-state index in [1.54, 1.807) is 36.4 Å². The van der Waals surface area contributed by atoms with Crippen LogP contribution in [0, 0.1) is 23.6 Å². The molecule has 3 saturated heterocycles. The fourth-order valence-corrected chi connectivity index (χ4v) is 9.52. The minimum absolute atomic E-state index is 0.0749. The topological polar surface area (TPSA) is 117 Å². The molecular formula is C38H34Cl2FN3O7. The van der Waals surface area contributed by atoms with E-state index in [-0.39, 0.29) is 37.6 Å². The molecule has 2 aliphatic carbocycles. The molecule has 3 aromatic carbocycles. The molecule has 8 rings (SSSR count). The molecule has 1 N–H and O–H groups in total. The van der Waals surface area contributed by atoms with Gasteiger partial charge in [0.15, 0.2) is 9.75 Å². The Bertz CT molecular complexity index is 1940. The lowest BCUT2D eigenvalue weighted by atomic mass is 9.56. The SMILES string of the molecule is O=C1C2CC=C3C(CC4(Cl)C(=O)N(c5ccc(F)cc5)C(=O)C4(Cl)C3c3ccc(OCCO)cc3)C2C(=O)N1c1ccc(N2CCOCC2)cc1. The third-order valence-electron chi connectivity index (χ3n) is 11.0. The third-order valence-corrected chi connectivity index (χ3v) is 12.4. The van der Waals surface area contributed by atoms with Crippen molar-refractivity contribution >= 4 is 63.9 Å². The predicted molar refractivity (Wildman–Crippen MR) is 188 cm³/mol. The Morgan fingerprint density at radius 1 is 0.804 bits per heavy atom. The van der Waals surface area contributed by atoms with Crippen molar-refractivity contribution in [3.05, 3.63) is 95.8 Å². The maximum atomic E-state index is 14.5. The lowest BCUT2D eigenvalue weighted by molar-refractivity contribution is -0.125. The van der Waals surface area contributed by atoms with Gasteiger partial charge < -0.3 is 19.5 Å². The molecule has 3 heterocycles. The Labute approximate surface area is 303 Å². The maximum absolute atomic E-state index is 14.5. The Morgan fingerprint density at radius 3 is 2.10 bits per heavy atom. The van der Waals surface area contributed by atoms with Gasteiger partial charge in [-0.2, -0.15) is 0 Å². The zero-order chi connectivity index (χ0) is 35.7. The second kappa shape index (κ2) is 12.7. The summed E-state index contributed by atoms with van der Waals surface area (Å²) in [6, 6.07) is 19.0. The van der Waals surface area contributed by atoms with Crippen molar-refractivity contribution in [2.24, 2.45) is 17.8 Å². The highest BCUT2D eigenvalue weighted by atomic mass is 35.5. The van der Waals surface area contributed by atoms with Gasteiger partial charge >= 0.3 is 0 Å². The van der Waals surface area contributed by atoms with Crippen molar-refractivity contribution in [1.82, 2.24) is 0 Å². The smallest absolute Gasteiger partial charge is 0.258 e. The highest BCUT2D eigenvalue weighted by molar-refractivity contribution is 6.58. The number of ether oxygens (including phenoxy) is 2. The van der Waals surface area contributed by atoms with Crippen LogP contribution in [0.3, 0.4) is 0 Å². The number of benzene rings is 3. The Morgan fingerprint density at radius 2 is 1.43 bits per heavy atom. The van der Waals surface area contributed by atoms with Crippen molar-refractivity contribution in [2.75, 3.05) is 54.2 Å². The molecule has 3 aromatic rings. The van der Waals surface area contributed by atoms with Gasteiger partial charge in [-0.3, -0.25) is 24.1 Å². The molecule has 5 aliphatic rings. The standard InChI is InChI=1S/C38H34Cl2FN3O7/c39-37-21-30-28(13-14-29-31(30)34(47)43(33(29)46)25-9-7-24(8-10-25)42-15-18-50-19-16-42)32(22-1-11-27(12-2-22)51-20-17-45)38(37,40)36(49)44(35(37)48)26-5-3-23(41)4-6-26/h1-13,29-32,45H,14-21H2. The molecule has 1 saturated carbocycles. The monoisotopic (exact) mass is 733 g/mol. The number of morpholine rings is 1. The largest absolute Gasteiger partial charge is 0.491 e. The number of allylic oxidation sites excluding steroid dienone is 2. The van der Waals surface area contributed by atoms with Gasteiger partial charge in [-0.1, -0.05) is 23.8 Å². The summed E-state index contributed by atoms with van der Waals surface area (Å²) in [5.41, 5.74) is 2.73. The van der Waals surface area contributed by atoms with Crippen molar-refractivity contribution in [1.29, 1.82) is 0 Å². The summed E-state index contributed by atoms with van der Waals surface area (Å²) in [6.45, 7) is 2.61. The molecule has 264 valence electrons. The van der Waals surface area contributed by atoms with Crippen LogP contribution in [0.5, 0.6) is 5.75 Å². The fraction of sp³-hybridized carbons (Fsp3) is 0.368. The normalized spacial score (nSPS) is 30.3. The second-order valence-corrected chi connectivity index (χ2v) is 14.8. The summed E-state index contributed by atoms with van der Waals surface area (Å²) in [4.78, 5) is 57.7. The van der Waals surface area contributed by atoms with E-state index < -0.39 is 57.0 Å². The van der Waals surface area contributed by atoms with Crippen molar-refractivity contribution in [3.63, 3.8) is 0 Å². The molecule has 4 fully saturated rings. The van der Waals surface area contributed by atoms with Crippen LogP contribution in [0.15, 0.2) is 84.4 Å². The number of nitrogens with zero attached hydrogens (tertiary/aromatic N) is 3. The first-order chi connectivity index (χ1) is 24.6. The van der Waals surface area contributed by atoms with Crippen molar-refractivity contribution in [2.45, 2.75) is 28.5 Å². The third kappa shape index (κ3) is 5.11. The summed E-state index contributed by atoms with van der Waals surface area (Å²) in [7, 11) is 0. The van der Waals surface area contributed by atoms with E-state index >= 15 is 0 Å². The highest BCUT2D eigenvalue weighted by Gasteiger charge is 2.76. The average molecular weight is 735 g/mol. The molecule has 13 heteroatoms. The fourth-order valence-electron chi connectivity index (χ4n) is 8.58. The van der Waals surface area contributed by atoms with Crippen LogP contribution in [0.25, 0.3) is 0 Å². The number of amides is 4. The van der Waals surface area contributed by atoms with Gasteiger partial charge in [0, 0.05) is 24.7 Å². The number of carbonyl (C=O) groups is 4. The van der Waals surface area contributed by atoms with Crippen LogP contribution in [-0.4, -0.2) is 78.0 Å². The zero-order valence-corrected chi connectivity index (χ0v) is 28.9. The maximum Gasteiger partial charge on any atom is 0.258 e. The zero-order valence-electron chi connectivity index (χ0n) is 27.3. The van der Waals surface area contributed by atoms with Crippen LogP contribution in [0.4, 0.5) is 21.5 Å². The van der Waals surface area contributed by atoms with E-state index in [2.05, 4.69) is 4.90 Å². The molecular weight excluding hydrogens is 700 g/mol. The van der Waals surface area contributed by atoms with Gasteiger partial charge in [0.05, 0.1) is 43.0 Å². The van der Waals surface area contributed by atoms with Crippen molar-refractivity contribution < 1.29 is 38.1 Å². The van der Waals surface area contributed by atoms with E-state index in [1.807, 2.05) is 18.2 Å². The van der Waals surface area contributed by atoms with Crippen LogP contribution < -0.4 is 19.4 Å². The van der Waals surface area contributed by atoms with E-state index in [0.717, 1.165) is 35.8 Å². The predicted octanol–water partition coefficient (Wildman–Crippen LogP) is 4.80. The highest BCUT2D eigenvalue weighted by Crippen LogP contribution is 2.66. The summed E-state index contributed by atoms with van der Waals surface area (Å²) in [5.74, 6) is -5.62. The first-order valence-electron chi connectivity index (χ1n) is 16.9. The summed E-state index contributed by atoms with van der Waals surface area (Å²) in [6.07, 6.45) is 1.93. The Hall–Kier alpha value is -4.29. The molecule has 6 atom stereocenters. The van der Waals surface area contributed by atoms with Gasteiger partial charge in [0.1, 0.15) is 18.2 Å². The van der Waals surface area contributed by atoms with E-state index in [9.17, 15) is 28.7 Å². The first kappa shape index (κ1) is 33.8. The van der Waals surface area contributed by atoms with Crippen LogP contribution in [0.2, 0.25) is 0 Å². The van der Waals surface area contributed by atoms with Crippen molar-refractivity contribution in [3.8, 4) is 5.75 Å². The summed E-state index contributed by atoms with van der Waals surface area (Å²) < 4.78 is 24.9. The number of aliphatic hydroxyl groups excluding tert-OH is 1. The number of aliphatic hydroxyl groups is 1. The van der Waals surface area contributed by atoms with Crippen LogP contribution in [0.1, 0.15) is 24.3 Å². The Kier molecular flexibility index (Phi) is 8.45. The molecule has 0 radical (unpaired) electrons. The molecule has 51 heavy (non-hydrogen) atoms. The number of hydrogen-bond donors (Lipinski definition) is 1. The summed E-state index contributed by atoms with van der Waals surface area (Å²) in [5, 5.41) is 9.22. The molecule has 4 amide bonds. The number of hydrogen-bond acceptors (Lipinski definition) is 8. The molecule has 10 nitrogen and oxygen atoms in total. The number of imide groups is 2. The molecule has 0 aromatic heterocycles. The molecule has 3 aliphatic heterocycles. The number of carbonyl (C=O) groups excluding carboxylic acids is 4. The van der Waals surface area contributed by atoms with Crippen LogP contribution in [-0.2, 0) is 23.9 Å². The lowest BCUT2D eigenvalue weighted by Crippen LogP contribution is -2.60. The van der Waals surface area contributed by atoms with Gasteiger partial charge in [-0.15, -0.1) is 23.2 Å². The van der Waals surface area contributed by atoms with E-state index in [1.165, 1.54) is 17.0 Å². The first-order valence-corrected chi connectivity index (χ1v) is 17.7. The number of alkyl halides is 2.